The molecule has 8 nitrogen and oxygen atoms in total. The van der Waals surface area contributed by atoms with Crippen molar-refractivity contribution in [3.8, 4) is 0 Å². The fourth-order valence-electron chi connectivity index (χ4n) is 1.93. The Hall–Kier alpha value is -1.51. The molecule has 8 heteroatoms. The second-order valence-corrected chi connectivity index (χ2v) is 4.27. The summed E-state index contributed by atoms with van der Waals surface area (Å²) in [6.07, 6.45) is 1.47. The van der Waals surface area contributed by atoms with Crippen LogP contribution in [0.2, 0.25) is 0 Å². The van der Waals surface area contributed by atoms with Crippen LogP contribution < -0.4 is 11.1 Å². The number of ether oxygens (including phenoxy) is 2. The summed E-state index contributed by atoms with van der Waals surface area (Å²) in [5.41, 5.74) is 5.68. The van der Waals surface area contributed by atoms with Crippen LogP contribution >= 0.6 is 0 Å². The zero-order chi connectivity index (χ0) is 13.7. The largest absolute Gasteiger partial charge is 0.376 e. The van der Waals surface area contributed by atoms with Gasteiger partial charge in [-0.25, -0.2) is 0 Å². The molecule has 19 heavy (non-hydrogen) atoms. The first kappa shape index (κ1) is 13.9. The Bertz CT molecular complexity index is 422. The maximum Gasteiger partial charge on any atom is 0.273 e. The molecule has 0 bridgehead atoms. The van der Waals surface area contributed by atoms with Crippen LogP contribution in [0, 0.1) is 0 Å². The van der Waals surface area contributed by atoms with Gasteiger partial charge in [0.1, 0.15) is 6.10 Å². The predicted molar refractivity (Wildman–Crippen MR) is 66.6 cm³/mol. The number of carbonyl (C=O) groups excluding carboxylic acids is 1. The molecular weight excluding hydrogens is 250 g/mol. The number of hydrogen-bond donors (Lipinski definition) is 2. The topological polar surface area (TPSA) is 104 Å². The number of carbonyl (C=O) groups is 1. The van der Waals surface area contributed by atoms with E-state index in [0.29, 0.717) is 32.9 Å². The van der Waals surface area contributed by atoms with Gasteiger partial charge in [0.2, 0.25) is 0 Å². The average molecular weight is 269 g/mol. The van der Waals surface area contributed by atoms with E-state index in [1.54, 1.807) is 10.9 Å². The molecule has 2 heterocycles. The van der Waals surface area contributed by atoms with E-state index in [0.717, 1.165) is 0 Å². The van der Waals surface area contributed by atoms with E-state index in [1.807, 2.05) is 6.92 Å². The van der Waals surface area contributed by atoms with Crippen LogP contribution in [0.1, 0.15) is 17.4 Å². The Morgan fingerprint density at radius 3 is 3.26 bits per heavy atom. The van der Waals surface area contributed by atoms with Gasteiger partial charge in [-0.3, -0.25) is 9.48 Å². The first-order valence-corrected chi connectivity index (χ1v) is 6.35. The van der Waals surface area contributed by atoms with Crippen molar-refractivity contribution in [3.05, 3.63) is 11.9 Å². The monoisotopic (exact) mass is 269 g/mol. The third kappa shape index (κ3) is 3.49. The molecule has 1 aliphatic rings. The van der Waals surface area contributed by atoms with Gasteiger partial charge in [0.05, 0.1) is 32.0 Å². The second kappa shape index (κ2) is 6.60. The van der Waals surface area contributed by atoms with Crippen molar-refractivity contribution in [2.75, 3.05) is 26.4 Å². The summed E-state index contributed by atoms with van der Waals surface area (Å²) in [5.74, 6) is -0.275. The maximum absolute atomic E-state index is 12.0. The number of rotatable bonds is 6. The van der Waals surface area contributed by atoms with Gasteiger partial charge >= 0.3 is 0 Å². The number of amides is 1. The molecule has 3 N–H and O–H groups in total. The Morgan fingerprint density at radius 1 is 1.68 bits per heavy atom. The van der Waals surface area contributed by atoms with Crippen molar-refractivity contribution in [2.24, 2.45) is 5.73 Å². The van der Waals surface area contributed by atoms with Crippen LogP contribution in [0.4, 0.5) is 0 Å². The molecule has 1 saturated heterocycles. The summed E-state index contributed by atoms with van der Waals surface area (Å²) in [5, 5.41) is 10.5. The highest BCUT2D eigenvalue weighted by atomic mass is 16.5. The van der Waals surface area contributed by atoms with Crippen LogP contribution in [0.5, 0.6) is 0 Å². The molecular formula is C11H19N5O3. The molecule has 0 spiro atoms. The van der Waals surface area contributed by atoms with E-state index < -0.39 is 0 Å². The summed E-state index contributed by atoms with van der Waals surface area (Å²) in [6.45, 7) is 4.44. The highest BCUT2D eigenvalue weighted by Gasteiger charge is 2.30. The number of aromatic nitrogens is 3. The molecule has 0 unspecified atom stereocenters. The van der Waals surface area contributed by atoms with Crippen molar-refractivity contribution in [1.29, 1.82) is 0 Å². The summed E-state index contributed by atoms with van der Waals surface area (Å²) in [7, 11) is 0. The van der Waals surface area contributed by atoms with E-state index in [4.69, 9.17) is 15.2 Å². The zero-order valence-corrected chi connectivity index (χ0v) is 10.9. The van der Waals surface area contributed by atoms with E-state index in [-0.39, 0.29) is 23.7 Å². The first-order chi connectivity index (χ1) is 9.24. The highest BCUT2D eigenvalue weighted by Crippen LogP contribution is 2.10. The minimum absolute atomic E-state index is 0.104. The Balaban J connectivity index is 1.92. The van der Waals surface area contributed by atoms with Crippen LogP contribution in [0.15, 0.2) is 6.20 Å². The van der Waals surface area contributed by atoms with E-state index >= 15 is 0 Å². The number of nitrogens with zero attached hydrogens (tertiary/aromatic N) is 3. The van der Waals surface area contributed by atoms with Gasteiger partial charge in [0, 0.05) is 13.2 Å². The predicted octanol–water partition coefficient (Wildman–Crippen LogP) is -1.23. The van der Waals surface area contributed by atoms with Gasteiger partial charge in [-0.05, 0) is 6.92 Å². The zero-order valence-electron chi connectivity index (χ0n) is 10.9. The Kier molecular flexibility index (Phi) is 4.83. The van der Waals surface area contributed by atoms with Crippen LogP contribution in [-0.4, -0.2) is 59.4 Å². The second-order valence-electron chi connectivity index (χ2n) is 4.27. The normalized spacial score (nSPS) is 22.6. The molecule has 2 atom stereocenters. The van der Waals surface area contributed by atoms with Gasteiger partial charge in [0.25, 0.3) is 5.91 Å². The van der Waals surface area contributed by atoms with E-state index in [2.05, 4.69) is 15.6 Å². The molecule has 0 aliphatic carbocycles. The first-order valence-electron chi connectivity index (χ1n) is 6.35. The molecule has 1 aromatic rings. The maximum atomic E-state index is 12.0. The van der Waals surface area contributed by atoms with Gasteiger partial charge in [-0.1, -0.05) is 5.21 Å². The van der Waals surface area contributed by atoms with Crippen LogP contribution in [0.3, 0.4) is 0 Å². The van der Waals surface area contributed by atoms with Gasteiger partial charge in [-0.2, -0.15) is 0 Å². The molecule has 106 valence electrons. The van der Waals surface area contributed by atoms with Crippen molar-refractivity contribution in [3.63, 3.8) is 0 Å². The summed E-state index contributed by atoms with van der Waals surface area (Å²) < 4.78 is 12.3. The van der Waals surface area contributed by atoms with Gasteiger partial charge in [-0.15, -0.1) is 5.10 Å². The lowest BCUT2D eigenvalue weighted by molar-refractivity contribution is 0.0402. The number of hydrogen-bond acceptors (Lipinski definition) is 6. The lowest BCUT2D eigenvalue weighted by Crippen LogP contribution is -2.43. The van der Waals surface area contributed by atoms with Crippen molar-refractivity contribution < 1.29 is 14.3 Å². The fraction of sp³-hybridized carbons (Fsp3) is 0.727. The number of nitrogens with one attached hydrogen (secondary N) is 1. The van der Waals surface area contributed by atoms with Crippen LogP contribution in [0.25, 0.3) is 0 Å². The van der Waals surface area contributed by atoms with Crippen molar-refractivity contribution in [2.45, 2.75) is 25.6 Å². The third-order valence-electron chi connectivity index (χ3n) is 2.86. The van der Waals surface area contributed by atoms with E-state index in [9.17, 15) is 4.79 Å². The molecule has 0 saturated carbocycles. The molecule has 0 radical (unpaired) electrons. The third-order valence-corrected chi connectivity index (χ3v) is 2.86. The summed E-state index contributed by atoms with van der Waals surface area (Å²) >= 11 is 0. The van der Waals surface area contributed by atoms with Crippen molar-refractivity contribution >= 4 is 5.91 Å². The van der Waals surface area contributed by atoms with Gasteiger partial charge < -0.3 is 20.5 Å². The lowest BCUT2D eigenvalue weighted by atomic mass is 10.2. The van der Waals surface area contributed by atoms with Gasteiger partial charge in [0.15, 0.2) is 5.69 Å². The summed E-state index contributed by atoms with van der Waals surface area (Å²) in [6, 6.07) is -0.146. The Morgan fingerprint density at radius 2 is 2.53 bits per heavy atom. The number of nitrogens with two attached hydrogens (primary N) is 1. The molecule has 2 rings (SSSR count). The smallest absolute Gasteiger partial charge is 0.273 e. The molecule has 1 fully saturated rings. The molecule has 1 aliphatic heterocycles. The summed E-state index contributed by atoms with van der Waals surface area (Å²) in [4.78, 5) is 12.0. The molecule has 1 amide bonds. The molecule has 1 aromatic heterocycles. The standard InChI is InChI=1S/C11H19N5O3/c1-2-19-10-7-18-6-9(10)13-11(17)8-5-16(4-3-12)15-14-8/h5,9-10H,2-4,6-7,12H2,1H3,(H,13,17)/t9-,10-/m0/s1. The SMILES string of the molecule is CCO[C@H]1COC[C@@H]1NC(=O)c1cn(CCN)nn1. The quantitative estimate of drug-likeness (QED) is 0.670. The van der Waals surface area contributed by atoms with Crippen molar-refractivity contribution in [1.82, 2.24) is 20.3 Å². The van der Waals surface area contributed by atoms with E-state index in [1.165, 1.54) is 0 Å². The highest BCUT2D eigenvalue weighted by molar-refractivity contribution is 5.92. The fourth-order valence-corrected chi connectivity index (χ4v) is 1.93. The minimum atomic E-state index is -0.275. The van der Waals surface area contributed by atoms with Crippen LogP contribution in [-0.2, 0) is 16.0 Å². The lowest BCUT2D eigenvalue weighted by Gasteiger charge is -2.18. The molecule has 0 aromatic carbocycles. The minimum Gasteiger partial charge on any atom is -0.376 e. The average Bonchev–Trinajstić information content (AvgIpc) is 3.01. The Labute approximate surface area is 111 Å².